The lowest BCUT2D eigenvalue weighted by Crippen LogP contribution is -2.37. The Morgan fingerprint density at radius 1 is 1.19 bits per heavy atom. The second-order valence-corrected chi connectivity index (χ2v) is 10.7. The molecule has 5 rings (SSSR count). The fourth-order valence-corrected chi connectivity index (χ4v) is 6.09. The number of H-pyrrole nitrogens is 1. The number of carbonyl (C=O) groups excluding carboxylic acids is 2. The van der Waals surface area contributed by atoms with Crippen molar-refractivity contribution in [3.05, 3.63) is 65.6 Å². The van der Waals surface area contributed by atoms with E-state index in [9.17, 15) is 9.59 Å². The lowest BCUT2D eigenvalue weighted by atomic mass is 9.86. The Morgan fingerprint density at radius 3 is 2.75 bits per heavy atom. The van der Waals surface area contributed by atoms with Crippen molar-refractivity contribution in [2.45, 2.75) is 44.7 Å². The summed E-state index contributed by atoms with van der Waals surface area (Å²) >= 11 is 1.72. The largest absolute Gasteiger partial charge is 0.457 e. The van der Waals surface area contributed by atoms with Crippen LogP contribution < -0.4 is 15.4 Å². The van der Waals surface area contributed by atoms with Crippen LogP contribution in [-0.2, 0) is 16.0 Å². The number of nitrogens with one attached hydrogen (secondary N) is 3. The van der Waals surface area contributed by atoms with Crippen LogP contribution in [0.4, 0.5) is 5.69 Å². The Hall–Kier alpha value is -3.28. The zero-order chi connectivity index (χ0) is 25.1. The van der Waals surface area contributed by atoms with Gasteiger partial charge in [0.15, 0.2) is 0 Å². The third-order valence-corrected chi connectivity index (χ3v) is 8.09. The predicted molar refractivity (Wildman–Crippen MR) is 143 cm³/mol. The maximum atomic E-state index is 13.0. The van der Waals surface area contributed by atoms with Crippen LogP contribution in [0.2, 0.25) is 0 Å². The van der Waals surface area contributed by atoms with Crippen LogP contribution in [0.1, 0.15) is 31.7 Å². The number of thioether (sulfide) groups is 1. The summed E-state index contributed by atoms with van der Waals surface area (Å²) in [5, 5.41) is 7.14. The molecular formula is C28H30N4O3S. The van der Waals surface area contributed by atoms with Gasteiger partial charge in [-0.1, -0.05) is 6.92 Å². The molecule has 3 N–H and O–H groups in total. The average Bonchev–Trinajstić information content (AvgIpc) is 3.66. The van der Waals surface area contributed by atoms with Crippen molar-refractivity contribution in [3.63, 3.8) is 0 Å². The van der Waals surface area contributed by atoms with Gasteiger partial charge in [-0.3, -0.25) is 14.9 Å². The summed E-state index contributed by atoms with van der Waals surface area (Å²) < 4.78 is 6.09. The summed E-state index contributed by atoms with van der Waals surface area (Å²) in [7, 11) is 0. The Balaban J connectivity index is 1.24. The minimum Gasteiger partial charge on any atom is -0.457 e. The first-order valence-corrected chi connectivity index (χ1v) is 13.6. The Labute approximate surface area is 215 Å². The molecule has 0 spiro atoms. The van der Waals surface area contributed by atoms with Crippen molar-refractivity contribution >= 4 is 40.0 Å². The number of hydrogen-bond donors (Lipinski definition) is 3. The number of aromatic amines is 1. The topological polar surface area (TPSA) is 87.6 Å². The van der Waals surface area contributed by atoms with Gasteiger partial charge in [-0.25, -0.2) is 6.57 Å². The molecule has 1 aliphatic carbocycles. The van der Waals surface area contributed by atoms with Gasteiger partial charge in [-0.2, -0.15) is 0 Å². The van der Waals surface area contributed by atoms with E-state index in [2.05, 4.69) is 20.5 Å². The zero-order valence-electron chi connectivity index (χ0n) is 20.3. The van der Waals surface area contributed by atoms with Gasteiger partial charge in [0, 0.05) is 46.8 Å². The molecule has 1 aliphatic heterocycles. The van der Waals surface area contributed by atoms with Crippen molar-refractivity contribution < 1.29 is 14.3 Å². The van der Waals surface area contributed by atoms with Gasteiger partial charge >= 0.3 is 0 Å². The fraction of sp³-hybridized carbons (Fsp3) is 0.393. The molecule has 7 nitrogen and oxygen atoms in total. The zero-order valence-corrected chi connectivity index (χ0v) is 21.1. The van der Waals surface area contributed by atoms with Gasteiger partial charge in [0.2, 0.25) is 11.9 Å². The average molecular weight is 503 g/mol. The number of hydrogen-bond acceptors (Lipinski definition) is 5. The van der Waals surface area contributed by atoms with Crippen LogP contribution in [0, 0.1) is 18.4 Å². The number of fused-ring (bicyclic) bond motifs is 1. The molecule has 186 valence electrons. The van der Waals surface area contributed by atoms with E-state index in [1.54, 1.807) is 11.8 Å². The molecule has 2 aromatic carbocycles. The summed E-state index contributed by atoms with van der Waals surface area (Å²) in [5.41, 5.74) is 2.80. The van der Waals surface area contributed by atoms with Crippen molar-refractivity contribution in [3.8, 4) is 11.5 Å². The van der Waals surface area contributed by atoms with Crippen LogP contribution >= 0.6 is 11.8 Å². The highest BCUT2D eigenvalue weighted by atomic mass is 32.2. The molecule has 8 heteroatoms. The number of anilines is 1. The number of aromatic nitrogens is 1. The highest BCUT2D eigenvalue weighted by molar-refractivity contribution is 7.99. The summed E-state index contributed by atoms with van der Waals surface area (Å²) in [4.78, 5) is 32.3. The fourth-order valence-electron chi connectivity index (χ4n) is 5.15. The SMILES string of the molecule is [C-]#[N+][C@@H]1CCCC1C(=O)[C@@H](C)Cc1c[nH]c2ccc(Oc3ccc(NC(=O)C4CSCN4)cc3)cc12. The van der Waals surface area contributed by atoms with Gasteiger partial charge in [-0.15, -0.1) is 11.8 Å². The molecule has 2 aliphatic rings. The Bertz CT molecular complexity index is 1290. The van der Waals surface area contributed by atoms with Crippen LogP contribution in [0.3, 0.4) is 0 Å². The van der Waals surface area contributed by atoms with Gasteiger partial charge in [-0.05, 0) is 67.3 Å². The van der Waals surface area contributed by atoms with Crippen LogP contribution in [-0.4, -0.2) is 40.4 Å². The normalized spacial score (nSPS) is 22.3. The highest BCUT2D eigenvalue weighted by Gasteiger charge is 2.39. The molecule has 2 fully saturated rings. The van der Waals surface area contributed by atoms with Crippen molar-refractivity contribution in [1.82, 2.24) is 10.3 Å². The number of amides is 1. The second kappa shape index (κ2) is 10.8. The minimum atomic E-state index is -0.154. The number of rotatable bonds is 8. The van der Waals surface area contributed by atoms with Crippen molar-refractivity contribution in [1.29, 1.82) is 0 Å². The summed E-state index contributed by atoms with van der Waals surface area (Å²) in [5.74, 6) is 2.89. The molecule has 1 saturated heterocycles. The molecule has 1 amide bonds. The van der Waals surface area contributed by atoms with Gasteiger partial charge in [0.25, 0.3) is 0 Å². The van der Waals surface area contributed by atoms with E-state index in [0.717, 1.165) is 53.0 Å². The minimum absolute atomic E-state index is 0.0237. The molecular weight excluding hydrogens is 472 g/mol. The molecule has 1 aromatic heterocycles. The van der Waals surface area contributed by atoms with E-state index >= 15 is 0 Å². The Morgan fingerprint density at radius 2 is 2.00 bits per heavy atom. The molecule has 36 heavy (non-hydrogen) atoms. The van der Waals surface area contributed by atoms with Crippen LogP contribution in [0.15, 0.2) is 48.7 Å². The summed E-state index contributed by atoms with van der Waals surface area (Å²) in [6.45, 7) is 9.37. The molecule has 2 unspecified atom stereocenters. The van der Waals surface area contributed by atoms with E-state index in [0.29, 0.717) is 17.9 Å². The third kappa shape index (κ3) is 5.28. The number of Topliss-reactive ketones (excluding diaryl/α,β-unsaturated/α-hetero) is 1. The first-order chi connectivity index (χ1) is 17.5. The lowest BCUT2D eigenvalue weighted by Gasteiger charge is -2.15. The number of nitrogens with zero attached hydrogens (tertiary/aromatic N) is 1. The lowest BCUT2D eigenvalue weighted by molar-refractivity contribution is -0.126. The quantitative estimate of drug-likeness (QED) is 0.359. The molecule has 2 heterocycles. The molecule has 4 atom stereocenters. The van der Waals surface area contributed by atoms with Gasteiger partial charge in [0.05, 0.1) is 12.0 Å². The van der Waals surface area contributed by atoms with E-state index in [1.165, 1.54) is 0 Å². The van der Waals surface area contributed by atoms with E-state index < -0.39 is 0 Å². The third-order valence-electron chi connectivity index (χ3n) is 7.15. The number of ether oxygens (including phenoxy) is 1. The maximum absolute atomic E-state index is 13.0. The van der Waals surface area contributed by atoms with Crippen LogP contribution in [0.5, 0.6) is 11.5 Å². The monoisotopic (exact) mass is 502 g/mol. The maximum Gasteiger partial charge on any atom is 0.242 e. The van der Waals surface area contributed by atoms with E-state index in [4.69, 9.17) is 11.3 Å². The summed E-state index contributed by atoms with van der Waals surface area (Å²) in [6, 6.07) is 12.9. The Kier molecular flexibility index (Phi) is 7.30. The first-order valence-electron chi connectivity index (χ1n) is 12.4. The smallest absolute Gasteiger partial charge is 0.242 e. The molecule has 0 radical (unpaired) electrons. The predicted octanol–water partition coefficient (Wildman–Crippen LogP) is 5.40. The van der Waals surface area contributed by atoms with Crippen molar-refractivity contribution in [2.24, 2.45) is 11.8 Å². The highest BCUT2D eigenvalue weighted by Crippen LogP contribution is 2.33. The molecule has 0 bridgehead atoms. The van der Waals surface area contributed by atoms with Crippen LogP contribution in [0.25, 0.3) is 15.7 Å². The molecule has 1 saturated carbocycles. The van der Waals surface area contributed by atoms with Gasteiger partial charge in [0.1, 0.15) is 17.3 Å². The van der Waals surface area contributed by atoms with E-state index in [1.807, 2.05) is 55.6 Å². The first kappa shape index (κ1) is 24.4. The van der Waals surface area contributed by atoms with Crippen molar-refractivity contribution in [2.75, 3.05) is 16.9 Å². The summed E-state index contributed by atoms with van der Waals surface area (Å²) in [6.07, 6.45) is 5.24. The van der Waals surface area contributed by atoms with E-state index in [-0.39, 0.29) is 35.6 Å². The number of carbonyl (C=O) groups is 2. The standard InChI is InChI=1S/C28H30N4O3S/c1-17(27(33)22-4-3-5-24(22)29-2)12-18-14-30-25-11-10-21(13-23(18)25)35-20-8-6-19(7-9-20)32-28(34)26-15-36-16-31-26/h6-11,13-14,17,22,24,26,30-31H,3-5,12,15-16H2,1H3,(H,32,34)/t17-,22?,24+,26?/m0/s1. The number of benzene rings is 2. The second-order valence-electron chi connectivity index (χ2n) is 9.65. The molecule has 3 aromatic rings. The van der Waals surface area contributed by atoms with Gasteiger partial charge < -0.3 is 19.9 Å². The number of ketones is 1.